The summed E-state index contributed by atoms with van der Waals surface area (Å²) < 4.78 is 67.6. The van der Waals surface area contributed by atoms with Crippen molar-refractivity contribution in [3.8, 4) is 10.6 Å². The van der Waals surface area contributed by atoms with Crippen LogP contribution >= 0.6 is 22.9 Å². The second kappa shape index (κ2) is 10.5. The number of aryl methyl sites for hydroxylation is 1. The van der Waals surface area contributed by atoms with Crippen molar-refractivity contribution in [1.29, 1.82) is 0 Å². The van der Waals surface area contributed by atoms with Crippen LogP contribution in [0.3, 0.4) is 0 Å². The Morgan fingerprint density at radius 3 is 2.35 bits per heavy atom. The summed E-state index contributed by atoms with van der Waals surface area (Å²) in [6, 6.07) is 16.7. The van der Waals surface area contributed by atoms with Gasteiger partial charge in [-0.2, -0.15) is 13.2 Å². The van der Waals surface area contributed by atoms with Crippen LogP contribution in [-0.4, -0.2) is 31.1 Å². The molecule has 0 saturated heterocycles. The van der Waals surface area contributed by atoms with E-state index in [1.165, 1.54) is 24.3 Å². The molecule has 4 aromatic rings. The van der Waals surface area contributed by atoms with Crippen LogP contribution in [-0.2, 0) is 21.0 Å². The summed E-state index contributed by atoms with van der Waals surface area (Å²) in [7, 11) is -4.48. The highest BCUT2D eigenvalue weighted by Crippen LogP contribution is 2.37. The number of hydrogen-bond donors (Lipinski definition) is 1. The Hall–Kier alpha value is -3.48. The molecule has 1 aromatic heterocycles. The molecule has 4 rings (SSSR count). The predicted octanol–water partition coefficient (Wildman–Crippen LogP) is 6.02. The Balaban J connectivity index is 1.66. The van der Waals surface area contributed by atoms with Gasteiger partial charge in [-0.25, -0.2) is 8.42 Å². The van der Waals surface area contributed by atoms with Gasteiger partial charge >= 0.3 is 6.18 Å². The standard InChI is InChI=1S/C24H18ClF3N4O3S2/c1-15-7-9-16(10-8-15)22-30-31-23(36-22)29-21(33)14-32(37(34,35)18-5-3-2-4-6-18)20-13-17(24(26,27)28)11-12-19(20)25/h2-13H,14H2,1H3,(H,29,31,33). The first kappa shape index (κ1) is 26.6. The van der Waals surface area contributed by atoms with E-state index in [4.69, 9.17) is 11.6 Å². The molecule has 192 valence electrons. The molecule has 13 heteroatoms. The average molecular weight is 567 g/mol. The van der Waals surface area contributed by atoms with Gasteiger partial charge in [-0.3, -0.25) is 14.4 Å². The number of sulfonamides is 1. The zero-order valence-corrected chi connectivity index (χ0v) is 21.4. The minimum atomic E-state index is -4.76. The number of nitrogens with one attached hydrogen (secondary N) is 1. The van der Waals surface area contributed by atoms with E-state index in [2.05, 4.69) is 15.5 Å². The van der Waals surface area contributed by atoms with Crippen molar-refractivity contribution in [2.75, 3.05) is 16.2 Å². The van der Waals surface area contributed by atoms with E-state index in [1.54, 1.807) is 6.07 Å². The maximum absolute atomic E-state index is 13.4. The summed E-state index contributed by atoms with van der Waals surface area (Å²) in [5.41, 5.74) is 0.211. The number of carbonyl (C=O) groups excluding carboxylic acids is 1. The first-order valence-corrected chi connectivity index (χ1v) is 13.2. The number of aromatic nitrogens is 2. The third-order valence-electron chi connectivity index (χ3n) is 5.13. The summed E-state index contributed by atoms with van der Waals surface area (Å²) in [6.07, 6.45) is -4.76. The molecule has 3 aromatic carbocycles. The van der Waals surface area contributed by atoms with E-state index < -0.39 is 39.9 Å². The van der Waals surface area contributed by atoms with Crippen LogP contribution in [0, 0.1) is 6.92 Å². The van der Waals surface area contributed by atoms with Gasteiger partial charge in [-0.15, -0.1) is 10.2 Å². The zero-order chi connectivity index (χ0) is 26.8. The topological polar surface area (TPSA) is 92.3 Å². The minimum Gasteiger partial charge on any atom is -0.299 e. The zero-order valence-electron chi connectivity index (χ0n) is 19.0. The molecule has 37 heavy (non-hydrogen) atoms. The van der Waals surface area contributed by atoms with Crippen molar-refractivity contribution in [2.45, 2.75) is 18.0 Å². The largest absolute Gasteiger partial charge is 0.416 e. The van der Waals surface area contributed by atoms with Crippen LogP contribution < -0.4 is 9.62 Å². The lowest BCUT2D eigenvalue weighted by Crippen LogP contribution is -2.38. The Kier molecular flexibility index (Phi) is 7.53. The lowest BCUT2D eigenvalue weighted by atomic mass is 10.2. The highest BCUT2D eigenvalue weighted by Gasteiger charge is 2.34. The quantitative estimate of drug-likeness (QED) is 0.295. The van der Waals surface area contributed by atoms with Crippen LogP contribution in [0.2, 0.25) is 5.02 Å². The van der Waals surface area contributed by atoms with Gasteiger partial charge in [0, 0.05) is 5.56 Å². The second-order valence-corrected chi connectivity index (χ2v) is 11.1. The first-order valence-electron chi connectivity index (χ1n) is 10.6. The third kappa shape index (κ3) is 6.09. The van der Waals surface area contributed by atoms with Gasteiger partial charge < -0.3 is 0 Å². The smallest absolute Gasteiger partial charge is 0.299 e. The molecule has 0 radical (unpaired) electrons. The molecular weight excluding hydrogens is 549 g/mol. The average Bonchev–Trinajstić information content (AvgIpc) is 3.31. The monoisotopic (exact) mass is 566 g/mol. The van der Waals surface area contributed by atoms with Gasteiger partial charge in [0.1, 0.15) is 11.6 Å². The molecule has 1 N–H and O–H groups in total. The number of halogens is 4. The van der Waals surface area contributed by atoms with Crippen LogP contribution in [0.5, 0.6) is 0 Å². The fraction of sp³-hybridized carbons (Fsp3) is 0.125. The van der Waals surface area contributed by atoms with Crippen molar-refractivity contribution in [2.24, 2.45) is 0 Å². The van der Waals surface area contributed by atoms with E-state index in [1.807, 2.05) is 31.2 Å². The maximum Gasteiger partial charge on any atom is 0.416 e. The molecule has 0 saturated carbocycles. The van der Waals surface area contributed by atoms with Gasteiger partial charge in [0.25, 0.3) is 10.0 Å². The molecule has 0 unspecified atom stereocenters. The van der Waals surface area contributed by atoms with Crippen LogP contribution in [0.15, 0.2) is 77.7 Å². The first-order chi connectivity index (χ1) is 17.4. The van der Waals surface area contributed by atoms with Gasteiger partial charge in [0.15, 0.2) is 0 Å². The molecular formula is C24H18ClF3N4O3S2. The highest BCUT2D eigenvalue weighted by atomic mass is 35.5. The molecule has 1 amide bonds. The van der Waals surface area contributed by atoms with E-state index in [-0.39, 0.29) is 15.0 Å². The van der Waals surface area contributed by atoms with Crippen molar-refractivity contribution >= 4 is 49.7 Å². The lowest BCUT2D eigenvalue weighted by Gasteiger charge is -2.25. The summed E-state index contributed by atoms with van der Waals surface area (Å²) in [5.74, 6) is -0.848. The molecule has 0 aliphatic heterocycles. The number of amides is 1. The van der Waals surface area contributed by atoms with Crippen molar-refractivity contribution in [3.05, 3.63) is 88.9 Å². The van der Waals surface area contributed by atoms with Crippen LogP contribution in [0.1, 0.15) is 11.1 Å². The number of rotatable bonds is 7. The van der Waals surface area contributed by atoms with E-state index in [0.717, 1.165) is 34.6 Å². The van der Waals surface area contributed by atoms with Gasteiger partial charge in [0.05, 0.1) is 21.2 Å². The number of alkyl halides is 3. The fourth-order valence-corrected chi connectivity index (χ4v) is 5.76. The van der Waals surface area contributed by atoms with E-state index >= 15 is 0 Å². The summed E-state index contributed by atoms with van der Waals surface area (Å²) in [5, 5.41) is 10.7. The maximum atomic E-state index is 13.4. The third-order valence-corrected chi connectivity index (χ3v) is 8.11. The second-order valence-electron chi connectivity index (χ2n) is 7.82. The van der Waals surface area contributed by atoms with Crippen molar-refractivity contribution in [1.82, 2.24) is 10.2 Å². The van der Waals surface area contributed by atoms with Crippen LogP contribution in [0.4, 0.5) is 24.0 Å². The Morgan fingerprint density at radius 1 is 1.03 bits per heavy atom. The van der Waals surface area contributed by atoms with Crippen molar-refractivity contribution in [3.63, 3.8) is 0 Å². The van der Waals surface area contributed by atoms with Gasteiger partial charge in [-0.1, -0.05) is 71.0 Å². The molecule has 0 fully saturated rings. The minimum absolute atomic E-state index is 0.0905. The molecule has 0 spiro atoms. The SMILES string of the molecule is Cc1ccc(-c2nnc(NC(=O)CN(c3cc(C(F)(F)F)ccc3Cl)S(=O)(=O)c3ccccc3)s2)cc1. The molecule has 0 aliphatic carbocycles. The summed E-state index contributed by atoms with van der Waals surface area (Å²) >= 11 is 7.19. The molecule has 7 nitrogen and oxygen atoms in total. The number of hydrogen-bond acceptors (Lipinski definition) is 6. The molecule has 1 heterocycles. The Labute approximate surface area is 219 Å². The highest BCUT2D eigenvalue weighted by molar-refractivity contribution is 7.92. The fourth-order valence-electron chi connectivity index (χ4n) is 3.28. The predicted molar refractivity (Wildman–Crippen MR) is 136 cm³/mol. The number of nitrogens with zero attached hydrogens (tertiary/aromatic N) is 3. The summed E-state index contributed by atoms with van der Waals surface area (Å²) in [6.45, 7) is 1.07. The number of carbonyl (C=O) groups is 1. The van der Waals surface area contributed by atoms with Crippen LogP contribution in [0.25, 0.3) is 10.6 Å². The van der Waals surface area contributed by atoms with Gasteiger partial charge in [0.2, 0.25) is 11.0 Å². The van der Waals surface area contributed by atoms with Crippen molar-refractivity contribution < 1.29 is 26.4 Å². The van der Waals surface area contributed by atoms with E-state index in [9.17, 15) is 26.4 Å². The molecule has 0 bridgehead atoms. The molecule has 0 aliphatic rings. The number of benzene rings is 3. The Bertz CT molecular complexity index is 1530. The normalized spacial score (nSPS) is 11.8. The number of anilines is 2. The van der Waals surface area contributed by atoms with Gasteiger partial charge in [-0.05, 0) is 37.3 Å². The van der Waals surface area contributed by atoms with E-state index in [0.29, 0.717) is 15.4 Å². The summed E-state index contributed by atoms with van der Waals surface area (Å²) in [4.78, 5) is 12.7. The molecule has 0 atom stereocenters. The lowest BCUT2D eigenvalue weighted by molar-refractivity contribution is -0.137. The Morgan fingerprint density at radius 2 is 1.70 bits per heavy atom.